The number of urea groups is 1. The topological polar surface area (TPSA) is 146 Å². The molecule has 4 aromatic rings. The third kappa shape index (κ3) is 11.4. The average Bonchev–Trinajstić information content (AvgIpc) is 3.97. The summed E-state index contributed by atoms with van der Waals surface area (Å²) in [6.45, 7) is 0.381. The van der Waals surface area contributed by atoms with Gasteiger partial charge in [-0.3, -0.25) is 14.4 Å². The summed E-state index contributed by atoms with van der Waals surface area (Å²) in [7, 11) is 0. The highest BCUT2D eigenvalue weighted by molar-refractivity contribution is 8.00. The van der Waals surface area contributed by atoms with Crippen molar-refractivity contribution in [1.82, 2.24) is 26.2 Å². The molecule has 3 heterocycles. The van der Waals surface area contributed by atoms with Crippen LogP contribution in [0.2, 0.25) is 20.1 Å². The van der Waals surface area contributed by atoms with E-state index >= 15 is 0 Å². The van der Waals surface area contributed by atoms with Gasteiger partial charge >= 0.3 is 12.1 Å². The van der Waals surface area contributed by atoms with E-state index in [0.717, 1.165) is 47.3 Å². The molecule has 66 heavy (non-hydrogen) atoms. The maximum absolute atomic E-state index is 14.7. The van der Waals surface area contributed by atoms with E-state index in [1.165, 1.54) is 0 Å². The summed E-state index contributed by atoms with van der Waals surface area (Å²) in [6, 6.07) is 25.3. The van der Waals surface area contributed by atoms with Crippen LogP contribution < -0.4 is 21.3 Å². The molecule has 11 nitrogen and oxygen atoms in total. The minimum atomic E-state index is -1.02. The SMILES string of the molecule is O=C(CCCC[C@@H]1SCC2NC(=O)NC21)NCCCC[C@H](NC(=O)OCC1c2ccccc2-c2ccccc21)C(=O)N1C/C(=C\c2ccc(Cl)c(Cl)c2)C(=O)/C(=C/c2ccc(Cl)c(Cl)c2)C1. The summed E-state index contributed by atoms with van der Waals surface area (Å²) in [5.74, 6) is 0.000483. The number of piperidine rings is 1. The van der Waals surface area contributed by atoms with Gasteiger partial charge in [0.05, 0.1) is 32.2 Å². The molecule has 2 unspecified atom stereocenters. The normalized spacial score (nSPS) is 20.4. The second kappa shape index (κ2) is 21.8. The molecule has 16 heteroatoms. The smallest absolute Gasteiger partial charge is 0.407 e. The van der Waals surface area contributed by atoms with Crippen LogP contribution >= 0.6 is 58.2 Å². The Balaban J connectivity index is 0.942. The Hall–Kier alpha value is -4.98. The second-order valence-electron chi connectivity index (χ2n) is 16.9. The minimum absolute atomic E-state index is 0.0399. The van der Waals surface area contributed by atoms with Crippen LogP contribution in [-0.2, 0) is 19.1 Å². The van der Waals surface area contributed by atoms with Crippen LogP contribution in [-0.4, -0.2) is 90.0 Å². The Morgan fingerprint density at radius 2 is 1.39 bits per heavy atom. The number of carbonyl (C=O) groups excluding carboxylic acids is 5. The van der Waals surface area contributed by atoms with Gasteiger partial charge in [-0.15, -0.1) is 0 Å². The van der Waals surface area contributed by atoms with Crippen molar-refractivity contribution in [1.29, 1.82) is 0 Å². The number of hydrogen-bond donors (Lipinski definition) is 4. The van der Waals surface area contributed by atoms with Gasteiger partial charge in [0.1, 0.15) is 12.6 Å². The van der Waals surface area contributed by atoms with Crippen LogP contribution in [0.5, 0.6) is 0 Å². The Morgan fingerprint density at radius 1 is 0.773 bits per heavy atom. The van der Waals surface area contributed by atoms with E-state index in [2.05, 4.69) is 33.4 Å². The number of rotatable bonds is 16. The lowest BCUT2D eigenvalue weighted by molar-refractivity contribution is -0.133. The first kappa shape index (κ1) is 47.5. The molecular weight excluding hydrogens is 940 g/mol. The van der Waals surface area contributed by atoms with Crippen molar-refractivity contribution < 1.29 is 28.7 Å². The fourth-order valence-corrected chi connectivity index (χ4v) is 11.3. The molecule has 0 spiro atoms. The van der Waals surface area contributed by atoms with Crippen molar-refractivity contribution in [3.63, 3.8) is 0 Å². The number of fused-ring (bicyclic) bond motifs is 4. The monoisotopic (exact) mass is 987 g/mol. The molecular formula is C50H49Cl4N5O6S. The molecule has 4 aliphatic rings. The minimum Gasteiger partial charge on any atom is -0.449 e. The van der Waals surface area contributed by atoms with E-state index in [-0.39, 0.29) is 61.8 Å². The number of ether oxygens (including phenoxy) is 1. The van der Waals surface area contributed by atoms with Gasteiger partial charge in [-0.25, -0.2) is 9.59 Å². The highest BCUT2D eigenvalue weighted by Crippen LogP contribution is 2.44. The van der Waals surface area contributed by atoms with Crippen LogP contribution in [0.25, 0.3) is 23.3 Å². The van der Waals surface area contributed by atoms with Gasteiger partial charge in [-0.1, -0.05) is 113 Å². The number of ketones is 1. The lowest BCUT2D eigenvalue weighted by Crippen LogP contribution is -2.52. The number of amides is 5. The van der Waals surface area contributed by atoms with Crippen molar-refractivity contribution in [2.75, 3.05) is 32.0 Å². The Bertz CT molecular complexity index is 2470. The van der Waals surface area contributed by atoms with Gasteiger partial charge in [-0.05, 0) is 102 Å². The van der Waals surface area contributed by atoms with Gasteiger partial charge in [-0.2, -0.15) is 11.8 Å². The molecule has 0 saturated carbocycles. The number of nitrogens with zero attached hydrogens (tertiary/aromatic N) is 1. The Morgan fingerprint density at radius 3 is 2.02 bits per heavy atom. The van der Waals surface area contributed by atoms with E-state index < -0.39 is 18.0 Å². The Labute approximate surface area is 408 Å². The number of nitrogens with one attached hydrogen (secondary N) is 4. The van der Waals surface area contributed by atoms with E-state index in [1.807, 2.05) is 48.2 Å². The lowest BCUT2D eigenvalue weighted by Gasteiger charge is -2.33. The van der Waals surface area contributed by atoms with Gasteiger partial charge in [0.15, 0.2) is 5.78 Å². The number of halogens is 4. The van der Waals surface area contributed by atoms with Crippen LogP contribution in [0.3, 0.4) is 0 Å². The molecule has 1 aliphatic carbocycles. The summed E-state index contributed by atoms with van der Waals surface area (Å²) in [5.41, 5.74) is 6.20. The molecule has 3 aliphatic heterocycles. The molecule has 8 rings (SSSR count). The highest BCUT2D eigenvalue weighted by atomic mass is 35.5. The third-order valence-electron chi connectivity index (χ3n) is 12.4. The number of hydrogen-bond acceptors (Lipinski definition) is 7. The van der Waals surface area contributed by atoms with Crippen molar-refractivity contribution >= 4 is 100 Å². The third-order valence-corrected chi connectivity index (χ3v) is 15.4. The van der Waals surface area contributed by atoms with Crippen LogP contribution in [0.1, 0.15) is 73.1 Å². The largest absolute Gasteiger partial charge is 0.449 e. The first-order valence-electron chi connectivity index (χ1n) is 22.1. The number of likely N-dealkylation sites (tertiary alicyclic amines) is 1. The van der Waals surface area contributed by atoms with Crippen LogP contribution in [0.15, 0.2) is 96.1 Å². The predicted octanol–water partition coefficient (Wildman–Crippen LogP) is 10.1. The van der Waals surface area contributed by atoms with E-state index in [4.69, 9.17) is 51.1 Å². The van der Waals surface area contributed by atoms with Crippen molar-refractivity contribution in [2.45, 2.75) is 74.2 Å². The van der Waals surface area contributed by atoms with Crippen molar-refractivity contribution in [2.24, 2.45) is 0 Å². The van der Waals surface area contributed by atoms with Gasteiger partial charge < -0.3 is 30.9 Å². The standard InChI is InChI=1S/C50H49Cl4N5O6S/c51-38-18-16-29(23-40(38)53)21-31-25-59(26-32(47(31)61)22-30-17-19-39(52)41(54)24-30)48(62)42(57-50(64)65-27-37-35-11-3-1-9-33(35)34-10-2-4-12-36(34)37)13-7-8-20-55-45(60)15-6-5-14-44-46-43(28-66-44)56-49(63)58-46/h1-4,9-12,16-19,21-24,37,42-44,46H,5-8,13-15,20,25-28H2,(H,55,60)(H,57,64)(H2,56,58,63)/b31-21+,32-22+/t42-,43?,44-,46?/m0/s1. The molecule has 3 fully saturated rings. The summed E-state index contributed by atoms with van der Waals surface area (Å²) in [6.07, 6.45) is 6.85. The number of benzene rings is 4. The first-order chi connectivity index (χ1) is 31.9. The van der Waals surface area contributed by atoms with Gasteiger partial charge in [0, 0.05) is 54.1 Å². The maximum atomic E-state index is 14.7. The van der Waals surface area contributed by atoms with Gasteiger partial charge in [0.25, 0.3) is 0 Å². The molecule has 0 aromatic heterocycles. The van der Waals surface area contributed by atoms with E-state index in [9.17, 15) is 24.0 Å². The van der Waals surface area contributed by atoms with E-state index in [1.54, 1.807) is 53.5 Å². The second-order valence-corrected chi connectivity index (χ2v) is 19.8. The number of unbranched alkanes of at least 4 members (excludes halogenated alkanes) is 2. The molecule has 5 amide bonds. The molecule has 0 bridgehead atoms. The van der Waals surface area contributed by atoms with Crippen molar-refractivity contribution in [3.05, 3.63) is 138 Å². The molecule has 4 N–H and O–H groups in total. The zero-order chi connectivity index (χ0) is 46.3. The molecule has 0 radical (unpaired) electrons. The zero-order valence-corrected chi connectivity index (χ0v) is 39.8. The first-order valence-corrected chi connectivity index (χ1v) is 24.7. The summed E-state index contributed by atoms with van der Waals surface area (Å²) in [4.78, 5) is 68.6. The number of Topliss-reactive ketones (excluding diaryl/α,β-unsaturated/α-hetero) is 1. The Kier molecular flexibility index (Phi) is 15.7. The number of alkyl carbamates (subject to hydrolysis) is 1. The number of thioether (sulfide) groups is 1. The van der Waals surface area contributed by atoms with Crippen LogP contribution in [0, 0.1) is 0 Å². The maximum Gasteiger partial charge on any atom is 0.407 e. The van der Waals surface area contributed by atoms with Crippen LogP contribution in [0.4, 0.5) is 9.59 Å². The summed E-state index contributed by atoms with van der Waals surface area (Å²) < 4.78 is 5.91. The van der Waals surface area contributed by atoms with Crippen molar-refractivity contribution in [3.8, 4) is 11.1 Å². The predicted molar refractivity (Wildman–Crippen MR) is 263 cm³/mol. The fourth-order valence-electron chi connectivity index (χ4n) is 9.13. The zero-order valence-electron chi connectivity index (χ0n) is 35.9. The molecule has 4 atom stereocenters. The molecule has 4 aromatic carbocycles. The highest BCUT2D eigenvalue weighted by Gasteiger charge is 2.42. The molecule has 344 valence electrons. The summed E-state index contributed by atoms with van der Waals surface area (Å²) in [5, 5.41) is 13.5. The lowest BCUT2D eigenvalue weighted by atomic mass is 9.93. The quantitative estimate of drug-likeness (QED) is 0.0497. The number of carbonyl (C=O) groups is 5. The van der Waals surface area contributed by atoms with Gasteiger partial charge in [0.2, 0.25) is 11.8 Å². The fraction of sp³-hybridized carbons (Fsp3) is 0.340. The van der Waals surface area contributed by atoms with E-state index in [0.29, 0.717) is 73.4 Å². The molecule has 3 saturated heterocycles. The summed E-state index contributed by atoms with van der Waals surface area (Å²) >= 11 is 26.9. The average molecular weight is 990 g/mol.